The summed E-state index contributed by atoms with van der Waals surface area (Å²) in [4.78, 5) is 5.81. The molecule has 3 rings (SSSR count). The highest BCUT2D eigenvalue weighted by Crippen LogP contribution is 2.38. The fourth-order valence-electron chi connectivity index (χ4n) is 2.08. The maximum absolute atomic E-state index is 13.5. The maximum atomic E-state index is 13.5. The predicted molar refractivity (Wildman–Crippen MR) is 93.1 cm³/mol. The molecule has 0 atom stereocenters. The van der Waals surface area contributed by atoms with Crippen LogP contribution in [0.2, 0.25) is 0 Å². The van der Waals surface area contributed by atoms with Crippen LogP contribution >= 0.6 is 43.2 Å². The third kappa shape index (κ3) is 2.96. The van der Waals surface area contributed by atoms with Gasteiger partial charge in [0.25, 0.3) is 0 Å². The molecule has 1 nitrogen and oxygen atoms in total. The Balaban J connectivity index is 2.14. The van der Waals surface area contributed by atoms with Gasteiger partial charge >= 0.3 is 0 Å². The van der Waals surface area contributed by atoms with Crippen LogP contribution in [0.1, 0.15) is 4.88 Å². The fraction of sp³-hybridized carbons (Fsp3) is 0.0625. The van der Waals surface area contributed by atoms with Gasteiger partial charge in [0.1, 0.15) is 10.8 Å². The van der Waals surface area contributed by atoms with Crippen LogP contribution in [0, 0.1) is 12.7 Å². The summed E-state index contributed by atoms with van der Waals surface area (Å²) in [5, 5.41) is 0.810. The van der Waals surface area contributed by atoms with E-state index in [0.717, 1.165) is 35.7 Å². The van der Waals surface area contributed by atoms with E-state index in [1.807, 2.05) is 31.2 Å². The van der Waals surface area contributed by atoms with Crippen LogP contribution in [0.4, 0.5) is 4.39 Å². The van der Waals surface area contributed by atoms with Crippen LogP contribution in [-0.4, -0.2) is 4.98 Å². The summed E-state index contributed by atoms with van der Waals surface area (Å²) >= 11 is 8.58. The quantitative estimate of drug-likeness (QED) is 0.458. The number of hydrogen-bond acceptors (Lipinski definition) is 2. The normalized spacial score (nSPS) is 10.9. The lowest BCUT2D eigenvalue weighted by Crippen LogP contribution is -1.84. The first-order valence-electron chi connectivity index (χ1n) is 6.24. The molecule has 0 aliphatic heterocycles. The van der Waals surface area contributed by atoms with Crippen molar-refractivity contribution < 1.29 is 4.39 Å². The van der Waals surface area contributed by atoms with Gasteiger partial charge in [-0.15, -0.1) is 11.3 Å². The van der Waals surface area contributed by atoms with Gasteiger partial charge in [0.05, 0.1) is 5.69 Å². The Hall–Kier alpha value is -1.04. The average Bonchev–Trinajstić information content (AvgIpc) is 2.84. The molecule has 5 heteroatoms. The standard InChI is InChI=1S/C16H10Br2FNS/c1-9-15(11-4-2-3-5-13(11)17)20-16(21-9)12-8-10(19)6-7-14(12)18/h2-8H,1H3. The van der Waals surface area contributed by atoms with Crippen molar-refractivity contribution in [3.63, 3.8) is 0 Å². The van der Waals surface area contributed by atoms with Crippen LogP contribution in [0.5, 0.6) is 0 Å². The molecule has 0 N–H and O–H groups in total. The summed E-state index contributed by atoms with van der Waals surface area (Å²) in [7, 11) is 0. The number of rotatable bonds is 2. The summed E-state index contributed by atoms with van der Waals surface area (Å²) in [5.41, 5.74) is 2.75. The van der Waals surface area contributed by atoms with Crippen LogP contribution in [-0.2, 0) is 0 Å². The lowest BCUT2D eigenvalue weighted by molar-refractivity contribution is 0.628. The molecule has 0 fully saturated rings. The molecule has 106 valence electrons. The molecule has 0 aliphatic rings. The van der Waals surface area contributed by atoms with E-state index in [0.29, 0.717) is 0 Å². The first-order valence-corrected chi connectivity index (χ1v) is 8.64. The minimum Gasteiger partial charge on any atom is -0.236 e. The summed E-state index contributed by atoms with van der Waals surface area (Å²) in [6.45, 7) is 2.03. The molecular weight excluding hydrogens is 417 g/mol. The SMILES string of the molecule is Cc1sc(-c2cc(F)ccc2Br)nc1-c1ccccc1Br. The van der Waals surface area contributed by atoms with Crippen LogP contribution < -0.4 is 0 Å². The van der Waals surface area contributed by atoms with Crippen molar-refractivity contribution in [3.8, 4) is 21.8 Å². The zero-order chi connectivity index (χ0) is 15.0. The molecular formula is C16H10Br2FNS. The monoisotopic (exact) mass is 425 g/mol. The molecule has 0 saturated heterocycles. The zero-order valence-electron chi connectivity index (χ0n) is 11.0. The summed E-state index contributed by atoms with van der Waals surface area (Å²) in [5.74, 6) is -0.261. The van der Waals surface area contributed by atoms with E-state index >= 15 is 0 Å². The van der Waals surface area contributed by atoms with Crippen molar-refractivity contribution in [2.75, 3.05) is 0 Å². The summed E-state index contributed by atoms with van der Waals surface area (Å²) in [6.07, 6.45) is 0. The lowest BCUT2D eigenvalue weighted by atomic mass is 10.1. The minimum absolute atomic E-state index is 0.261. The molecule has 0 saturated carbocycles. The molecule has 2 aromatic carbocycles. The number of aryl methyl sites for hydroxylation is 1. The smallest absolute Gasteiger partial charge is 0.125 e. The maximum Gasteiger partial charge on any atom is 0.125 e. The Labute approximate surface area is 143 Å². The second-order valence-corrected chi connectivity index (χ2v) is 7.44. The van der Waals surface area contributed by atoms with Crippen LogP contribution in [0.25, 0.3) is 21.8 Å². The summed E-state index contributed by atoms with van der Waals surface area (Å²) < 4.78 is 15.3. The van der Waals surface area contributed by atoms with Gasteiger partial charge in [-0.25, -0.2) is 9.37 Å². The Morgan fingerprint density at radius 1 is 1.00 bits per heavy atom. The van der Waals surface area contributed by atoms with E-state index < -0.39 is 0 Å². The van der Waals surface area contributed by atoms with Crippen molar-refractivity contribution in [2.45, 2.75) is 6.92 Å². The van der Waals surface area contributed by atoms with Gasteiger partial charge in [-0.3, -0.25) is 0 Å². The number of thiazole rings is 1. The van der Waals surface area contributed by atoms with Crippen molar-refractivity contribution in [1.29, 1.82) is 0 Å². The molecule has 0 unspecified atom stereocenters. The third-order valence-electron chi connectivity index (χ3n) is 3.08. The lowest BCUT2D eigenvalue weighted by Gasteiger charge is -2.02. The van der Waals surface area contributed by atoms with Gasteiger partial charge in [0.2, 0.25) is 0 Å². The highest BCUT2D eigenvalue weighted by Gasteiger charge is 2.15. The third-order valence-corrected chi connectivity index (χ3v) is 5.47. The molecule has 0 bridgehead atoms. The van der Waals surface area contributed by atoms with E-state index in [1.54, 1.807) is 17.4 Å². The Morgan fingerprint density at radius 3 is 2.48 bits per heavy atom. The van der Waals surface area contributed by atoms with Gasteiger partial charge in [-0.05, 0) is 31.2 Å². The Morgan fingerprint density at radius 2 is 1.71 bits per heavy atom. The van der Waals surface area contributed by atoms with Crippen molar-refractivity contribution in [2.24, 2.45) is 0 Å². The molecule has 0 amide bonds. The number of halogens is 3. The number of aromatic nitrogens is 1. The van der Waals surface area contributed by atoms with Gasteiger partial charge in [-0.1, -0.05) is 50.1 Å². The average molecular weight is 427 g/mol. The van der Waals surface area contributed by atoms with E-state index in [-0.39, 0.29) is 5.82 Å². The first kappa shape index (κ1) is 14.9. The highest BCUT2D eigenvalue weighted by atomic mass is 79.9. The van der Waals surface area contributed by atoms with Gasteiger partial charge in [0, 0.05) is 24.9 Å². The van der Waals surface area contributed by atoms with Gasteiger partial charge in [0.15, 0.2) is 0 Å². The number of benzene rings is 2. The van der Waals surface area contributed by atoms with E-state index in [2.05, 4.69) is 31.9 Å². The molecule has 21 heavy (non-hydrogen) atoms. The molecule has 0 radical (unpaired) electrons. The van der Waals surface area contributed by atoms with Crippen molar-refractivity contribution >= 4 is 43.2 Å². The topological polar surface area (TPSA) is 12.9 Å². The largest absolute Gasteiger partial charge is 0.236 e. The van der Waals surface area contributed by atoms with E-state index in [4.69, 9.17) is 4.98 Å². The predicted octanol–water partition coefficient (Wildman–Crippen LogP) is 6.45. The first-order chi connectivity index (χ1) is 10.1. The molecule has 0 aliphatic carbocycles. The summed E-state index contributed by atoms with van der Waals surface area (Å²) in [6, 6.07) is 12.6. The van der Waals surface area contributed by atoms with Gasteiger partial charge in [-0.2, -0.15) is 0 Å². The second-order valence-electron chi connectivity index (χ2n) is 4.53. The zero-order valence-corrected chi connectivity index (χ0v) is 15.0. The molecule has 1 heterocycles. The van der Waals surface area contributed by atoms with Crippen LogP contribution in [0.3, 0.4) is 0 Å². The fourth-order valence-corrected chi connectivity index (χ4v) is 4.07. The van der Waals surface area contributed by atoms with E-state index in [9.17, 15) is 4.39 Å². The van der Waals surface area contributed by atoms with Crippen molar-refractivity contribution in [3.05, 3.63) is 62.1 Å². The Kier molecular flexibility index (Phi) is 4.24. The van der Waals surface area contributed by atoms with Crippen LogP contribution in [0.15, 0.2) is 51.4 Å². The second kappa shape index (κ2) is 5.99. The molecule has 3 aromatic rings. The Bertz CT molecular complexity index is 814. The highest BCUT2D eigenvalue weighted by molar-refractivity contribution is 9.11. The molecule has 1 aromatic heterocycles. The number of hydrogen-bond donors (Lipinski definition) is 0. The van der Waals surface area contributed by atoms with E-state index in [1.165, 1.54) is 12.1 Å². The van der Waals surface area contributed by atoms with Crippen molar-refractivity contribution in [1.82, 2.24) is 4.98 Å². The molecule has 0 spiro atoms. The minimum atomic E-state index is -0.261. The van der Waals surface area contributed by atoms with Gasteiger partial charge < -0.3 is 0 Å². The number of nitrogens with zero attached hydrogens (tertiary/aromatic N) is 1.